The number of nitrogens with one attached hydrogen (secondary N) is 1. The largest absolute Gasteiger partial charge is 0.480 e. The van der Waals surface area contributed by atoms with E-state index in [0.29, 0.717) is 0 Å². The summed E-state index contributed by atoms with van der Waals surface area (Å²) in [6, 6.07) is 2.85. The van der Waals surface area contributed by atoms with Crippen molar-refractivity contribution in [3.8, 4) is 5.69 Å². The molecule has 0 unspecified atom stereocenters. The fraction of sp³-hybridized carbons (Fsp3) is 0.267. The molecule has 24 heavy (non-hydrogen) atoms. The van der Waals surface area contributed by atoms with Crippen LogP contribution in [0.4, 0.5) is 5.69 Å². The molecule has 2 N–H and O–H groups in total. The number of nitro benzene ring substituents is 1. The molecule has 0 fully saturated rings. The van der Waals surface area contributed by atoms with Gasteiger partial charge >= 0.3 is 5.97 Å². The summed E-state index contributed by atoms with van der Waals surface area (Å²) in [5.41, 5.74) is -0.0118. The second kappa shape index (κ2) is 6.90. The van der Waals surface area contributed by atoms with Crippen LogP contribution in [0.3, 0.4) is 0 Å². The molecule has 1 heterocycles. The van der Waals surface area contributed by atoms with E-state index in [9.17, 15) is 19.7 Å². The Kier molecular flexibility index (Phi) is 4.93. The molecule has 1 atom stereocenters. The lowest BCUT2D eigenvalue weighted by Gasteiger charge is -2.18. The van der Waals surface area contributed by atoms with Gasteiger partial charge in [-0.25, -0.2) is 9.78 Å². The summed E-state index contributed by atoms with van der Waals surface area (Å²) in [4.78, 5) is 37.9. The fourth-order valence-electron chi connectivity index (χ4n) is 2.17. The molecule has 1 aromatic heterocycles. The first-order chi connectivity index (χ1) is 11.3. The van der Waals surface area contributed by atoms with Crippen molar-refractivity contribution < 1.29 is 19.6 Å². The minimum Gasteiger partial charge on any atom is -0.480 e. The Morgan fingerprint density at radius 3 is 2.58 bits per heavy atom. The zero-order valence-electron chi connectivity index (χ0n) is 13.0. The van der Waals surface area contributed by atoms with Crippen LogP contribution in [-0.4, -0.2) is 37.5 Å². The number of aliphatic carboxylic acids is 1. The summed E-state index contributed by atoms with van der Waals surface area (Å²) in [5, 5.41) is 22.8. The predicted molar refractivity (Wildman–Crippen MR) is 83.9 cm³/mol. The smallest absolute Gasteiger partial charge is 0.326 e. The van der Waals surface area contributed by atoms with Crippen molar-refractivity contribution >= 4 is 17.6 Å². The zero-order valence-corrected chi connectivity index (χ0v) is 13.0. The summed E-state index contributed by atoms with van der Waals surface area (Å²) >= 11 is 0. The number of rotatable bonds is 6. The van der Waals surface area contributed by atoms with E-state index in [2.05, 4.69) is 10.3 Å². The normalized spacial score (nSPS) is 12.0. The maximum absolute atomic E-state index is 12.2. The van der Waals surface area contributed by atoms with E-state index < -0.39 is 22.8 Å². The summed E-state index contributed by atoms with van der Waals surface area (Å²) in [6.45, 7) is 3.31. The molecule has 2 aromatic rings. The highest BCUT2D eigenvalue weighted by Gasteiger charge is 2.25. The third-order valence-electron chi connectivity index (χ3n) is 3.44. The third kappa shape index (κ3) is 3.57. The van der Waals surface area contributed by atoms with Crippen LogP contribution in [0.5, 0.6) is 0 Å². The van der Waals surface area contributed by atoms with Crippen molar-refractivity contribution in [2.45, 2.75) is 19.9 Å². The van der Waals surface area contributed by atoms with Gasteiger partial charge in [0.15, 0.2) is 0 Å². The highest BCUT2D eigenvalue weighted by molar-refractivity contribution is 5.97. The fourth-order valence-corrected chi connectivity index (χ4v) is 2.17. The molecule has 126 valence electrons. The maximum Gasteiger partial charge on any atom is 0.326 e. The van der Waals surface area contributed by atoms with Gasteiger partial charge in [0.05, 0.1) is 11.3 Å². The molecule has 0 saturated carbocycles. The van der Waals surface area contributed by atoms with Gasteiger partial charge in [-0.2, -0.15) is 0 Å². The van der Waals surface area contributed by atoms with Gasteiger partial charge in [-0.1, -0.05) is 13.8 Å². The molecule has 0 bridgehead atoms. The van der Waals surface area contributed by atoms with E-state index in [1.54, 1.807) is 20.0 Å². The van der Waals surface area contributed by atoms with Gasteiger partial charge < -0.3 is 15.0 Å². The van der Waals surface area contributed by atoms with Crippen LogP contribution in [-0.2, 0) is 4.79 Å². The number of aromatic nitrogens is 2. The molecule has 0 saturated heterocycles. The third-order valence-corrected chi connectivity index (χ3v) is 3.44. The SMILES string of the molecule is CC(C)[C@H](NC(=O)c1ccc(-n2ccnc2)c([N+](=O)[O-])c1)C(=O)O. The van der Waals surface area contributed by atoms with Crippen molar-refractivity contribution in [1.82, 2.24) is 14.9 Å². The predicted octanol–water partition coefficient (Wildman–Crippen LogP) is 1.62. The lowest BCUT2D eigenvalue weighted by molar-refractivity contribution is -0.384. The van der Waals surface area contributed by atoms with E-state index in [1.807, 2.05) is 0 Å². The van der Waals surface area contributed by atoms with Crippen LogP contribution >= 0.6 is 0 Å². The molecule has 9 heteroatoms. The monoisotopic (exact) mass is 332 g/mol. The van der Waals surface area contributed by atoms with Crippen molar-refractivity contribution in [3.05, 3.63) is 52.6 Å². The maximum atomic E-state index is 12.2. The number of carboxylic acids is 1. The summed E-state index contributed by atoms with van der Waals surface area (Å²) in [6.07, 6.45) is 4.42. The number of hydrogen-bond donors (Lipinski definition) is 2. The minimum atomic E-state index is -1.16. The summed E-state index contributed by atoms with van der Waals surface area (Å²) in [5.74, 6) is -2.18. The number of nitrogens with zero attached hydrogens (tertiary/aromatic N) is 3. The van der Waals surface area contributed by atoms with E-state index in [0.717, 1.165) is 6.07 Å². The van der Waals surface area contributed by atoms with Gasteiger partial charge in [0.1, 0.15) is 11.7 Å². The van der Waals surface area contributed by atoms with Crippen molar-refractivity contribution in [2.24, 2.45) is 5.92 Å². The highest BCUT2D eigenvalue weighted by atomic mass is 16.6. The van der Waals surface area contributed by atoms with Crippen molar-refractivity contribution in [3.63, 3.8) is 0 Å². The van der Waals surface area contributed by atoms with Gasteiger partial charge in [-0.3, -0.25) is 14.9 Å². The number of carbonyl (C=O) groups excluding carboxylic acids is 1. The highest BCUT2D eigenvalue weighted by Crippen LogP contribution is 2.24. The van der Waals surface area contributed by atoms with Gasteiger partial charge in [0, 0.05) is 24.0 Å². The first-order valence-corrected chi connectivity index (χ1v) is 7.11. The van der Waals surface area contributed by atoms with Gasteiger partial charge in [-0.05, 0) is 18.1 Å². The van der Waals surface area contributed by atoms with Gasteiger partial charge in [0.2, 0.25) is 0 Å². The molecule has 0 radical (unpaired) electrons. The first-order valence-electron chi connectivity index (χ1n) is 7.11. The van der Waals surface area contributed by atoms with Gasteiger partial charge in [-0.15, -0.1) is 0 Å². The van der Waals surface area contributed by atoms with Crippen LogP contribution in [0.2, 0.25) is 0 Å². The molecule has 0 aliphatic carbocycles. The Morgan fingerprint density at radius 2 is 2.08 bits per heavy atom. The number of carboxylic acid groups (broad SMARTS) is 1. The Bertz CT molecular complexity index is 770. The number of amides is 1. The standard InChI is InChI=1S/C15H16N4O5/c1-9(2)13(15(21)22)17-14(20)10-3-4-11(12(7-10)19(23)24)18-6-5-16-8-18/h3-9,13H,1-2H3,(H,17,20)(H,21,22)/t13-/m0/s1. The van der Waals surface area contributed by atoms with E-state index in [-0.39, 0.29) is 22.9 Å². The number of carbonyl (C=O) groups is 2. The number of benzene rings is 1. The van der Waals surface area contributed by atoms with Crippen molar-refractivity contribution in [1.29, 1.82) is 0 Å². The molecule has 1 amide bonds. The van der Waals surface area contributed by atoms with Crippen LogP contribution in [0, 0.1) is 16.0 Å². The molecule has 0 aliphatic heterocycles. The lowest BCUT2D eigenvalue weighted by Crippen LogP contribution is -2.44. The lowest BCUT2D eigenvalue weighted by atomic mass is 10.0. The average Bonchev–Trinajstić information content (AvgIpc) is 3.05. The van der Waals surface area contributed by atoms with Crippen LogP contribution in [0.1, 0.15) is 24.2 Å². The molecular weight excluding hydrogens is 316 g/mol. The Labute approximate surface area is 137 Å². The van der Waals surface area contributed by atoms with Crippen molar-refractivity contribution in [2.75, 3.05) is 0 Å². The molecule has 0 spiro atoms. The van der Waals surface area contributed by atoms with E-state index >= 15 is 0 Å². The second-order valence-electron chi connectivity index (χ2n) is 5.46. The Morgan fingerprint density at radius 1 is 1.38 bits per heavy atom. The number of nitro groups is 1. The molecular formula is C15H16N4O5. The summed E-state index contributed by atoms with van der Waals surface area (Å²) < 4.78 is 1.45. The second-order valence-corrected chi connectivity index (χ2v) is 5.46. The molecule has 9 nitrogen and oxygen atoms in total. The summed E-state index contributed by atoms with van der Waals surface area (Å²) in [7, 11) is 0. The Balaban J connectivity index is 2.35. The molecule has 0 aliphatic rings. The van der Waals surface area contributed by atoms with Crippen LogP contribution < -0.4 is 5.32 Å². The van der Waals surface area contributed by atoms with E-state index in [1.165, 1.54) is 29.2 Å². The van der Waals surface area contributed by atoms with Crippen LogP contribution in [0.25, 0.3) is 5.69 Å². The minimum absolute atomic E-state index is 0.0115. The molecule has 2 rings (SSSR count). The van der Waals surface area contributed by atoms with E-state index in [4.69, 9.17) is 5.11 Å². The van der Waals surface area contributed by atoms with Gasteiger partial charge in [0.25, 0.3) is 11.6 Å². The first kappa shape index (κ1) is 17.1. The number of imidazole rings is 1. The molecule has 1 aromatic carbocycles. The Hall–Kier alpha value is -3.23. The topological polar surface area (TPSA) is 127 Å². The quantitative estimate of drug-likeness (QED) is 0.611. The van der Waals surface area contributed by atoms with Crippen LogP contribution in [0.15, 0.2) is 36.9 Å². The average molecular weight is 332 g/mol. The number of hydrogen-bond acceptors (Lipinski definition) is 5. The zero-order chi connectivity index (χ0) is 17.9.